The maximum atomic E-state index is 12.5. The predicted molar refractivity (Wildman–Crippen MR) is 201 cm³/mol. The lowest BCUT2D eigenvalue weighted by molar-refractivity contribution is -0.379. The molecule has 0 saturated carbocycles. The third-order valence-electron chi connectivity index (χ3n) is 11.5. The van der Waals surface area contributed by atoms with Gasteiger partial charge in [-0.15, -0.1) is 0 Å². The van der Waals surface area contributed by atoms with Crippen molar-refractivity contribution < 1.29 is 129 Å². The number of carbonyl (C=O) groups is 3. The highest BCUT2D eigenvalue weighted by atomic mass is 16.8. The van der Waals surface area contributed by atoms with E-state index in [1.807, 2.05) is 0 Å². The quantitative estimate of drug-likeness (QED) is 0.0683. The van der Waals surface area contributed by atoms with Crippen molar-refractivity contribution in [1.29, 1.82) is 0 Å². The second-order valence-electron chi connectivity index (χ2n) is 16.2. The molecule has 5 rings (SSSR count). The van der Waals surface area contributed by atoms with Gasteiger partial charge in [0.15, 0.2) is 31.5 Å². The summed E-state index contributed by atoms with van der Waals surface area (Å²) in [5.41, 5.74) is 0. The van der Waals surface area contributed by atoms with E-state index in [0.29, 0.717) is 0 Å². The van der Waals surface area contributed by atoms with Crippen molar-refractivity contribution in [3.05, 3.63) is 0 Å². The number of rotatable bonds is 16. The Morgan fingerprint density at radius 3 is 1.11 bits per heavy atom. The van der Waals surface area contributed by atoms with Crippen molar-refractivity contribution >= 4 is 17.7 Å². The fourth-order valence-corrected chi connectivity index (χ4v) is 8.25. The standard InChI is InChI=1S/C36H61N3O26/c1-9(45)37-17-22(50)20(48)12(4-40)58-33(17)62-28-15(7-43)60-34(18(23(28)51)38-10(2)46)63-29-16(8-44)61-35(19(24(29)52)39-11(3)47)65-31-21(49)13(5-41)59-36(27(31)55)64-30-14(6-42)57-32(56)26(54)25(30)53/h12-36,40-44,48-56H,4-8H2,1-3H3,(H,37,45)(H,38,46)(H,39,47)/t12-,13-,14-,15-,16-,17-,18-,19-,20+,21-,22-,23-,24-,25-,26-,27+,28+,29-,30-,31+,32?,33-,34+,35+,36+/m1/s1. The van der Waals surface area contributed by atoms with Gasteiger partial charge in [0.1, 0.15) is 122 Å². The van der Waals surface area contributed by atoms with E-state index < -0.39 is 204 Å². The molecular weight excluding hydrogens is 890 g/mol. The van der Waals surface area contributed by atoms with Crippen LogP contribution < -0.4 is 16.0 Å². The Balaban J connectivity index is 1.38. The summed E-state index contributed by atoms with van der Waals surface area (Å²) < 4.78 is 51.5. The van der Waals surface area contributed by atoms with Gasteiger partial charge in [-0.2, -0.15) is 0 Å². The summed E-state index contributed by atoms with van der Waals surface area (Å²) in [6, 6.07) is -4.91. The zero-order valence-corrected chi connectivity index (χ0v) is 35.1. The van der Waals surface area contributed by atoms with Crippen LogP contribution in [0.2, 0.25) is 0 Å². The SMILES string of the molecule is CC(=O)N[C@H]1[C@H](O[C@H]2[C@H](O)[C@@H](NC(C)=O)[C@H](O[C@@H]3[C@H](O)[C@H](O[C@H]4[C@H](O)[C@@H](O)C(O)O[C@@H]4CO)O[C@H](CO)[C@H]3O)O[C@@H]2CO)O[C@H](CO)[C@H](O[C@H]2O[C@H](CO)[C@H](O)[C@H](O)[C@H]2NC(C)=O)[C@@H]1O. The lowest BCUT2D eigenvalue weighted by atomic mass is 9.93. The minimum atomic E-state index is -2.10. The number of aliphatic hydroxyl groups is 14. The molecule has 29 heteroatoms. The first kappa shape index (κ1) is 53.4. The number of amides is 3. The van der Waals surface area contributed by atoms with Gasteiger partial charge in [-0.05, 0) is 0 Å². The topological polar surface area (TPSA) is 454 Å². The Hall–Kier alpha value is -2.51. The molecule has 0 aliphatic carbocycles. The van der Waals surface area contributed by atoms with E-state index in [-0.39, 0.29) is 0 Å². The molecule has 1 unspecified atom stereocenters. The Bertz CT molecular complexity index is 1560. The molecule has 25 atom stereocenters. The molecule has 5 saturated heterocycles. The zero-order valence-electron chi connectivity index (χ0n) is 35.1. The Morgan fingerprint density at radius 1 is 0.369 bits per heavy atom. The molecule has 3 amide bonds. The van der Waals surface area contributed by atoms with Gasteiger partial charge in [-0.25, -0.2) is 0 Å². The normalized spacial score (nSPS) is 47.1. The number of aliphatic hydroxyl groups excluding tert-OH is 14. The van der Waals surface area contributed by atoms with Gasteiger partial charge < -0.3 is 130 Å². The van der Waals surface area contributed by atoms with E-state index in [9.17, 15) is 85.9 Å². The first-order valence-corrected chi connectivity index (χ1v) is 20.6. The van der Waals surface area contributed by atoms with Crippen molar-refractivity contribution in [3.8, 4) is 0 Å². The molecule has 0 aromatic carbocycles. The molecular formula is C36H61N3O26. The Morgan fingerprint density at radius 2 is 0.692 bits per heavy atom. The Kier molecular flexibility index (Phi) is 19.1. The van der Waals surface area contributed by atoms with Crippen molar-refractivity contribution in [2.75, 3.05) is 33.0 Å². The maximum absolute atomic E-state index is 12.5. The smallest absolute Gasteiger partial charge is 0.217 e. The lowest BCUT2D eigenvalue weighted by Crippen LogP contribution is -2.71. The van der Waals surface area contributed by atoms with Gasteiger partial charge in [0, 0.05) is 20.8 Å². The van der Waals surface area contributed by atoms with E-state index in [1.165, 1.54) is 0 Å². The average Bonchev–Trinajstić information content (AvgIpc) is 3.26. The first-order chi connectivity index (χ1) is 30.7. The van der Waals surface area contributed by atoms with Gasteiger partial charge in [0.25, 0.3) is 0 Å². The molecule has 5 aliphatic rings. The number of ether oxygens (including phenoxy) is 9. The molecule has 17 N–H and O–H groups in total. The number of hydrogen-bond acceptors (Lipinski definition) is 26. The van der Waals surface area contributed by atoms with Gasteiger partial charge in [0.2, 0.25) is 17.7 Å². The molecule has 5 fully saturated rings. The van der Waals surface area contributed by atoms with Crippen LogP contribution in [0.5, 0.6) is 0 Å². The summed E-state index contributed by atoms with van der Waals surface area (Å²) in [6.07, 6.45) is -39.7. The molecule has 376 valence electrons. The second-order valence-corrected chi connectivity index (χ2v) is 16.2. The highest BCUT2D eigenvalue weighted by molar-refractivity contribution is 5.74. The van der Waals surface area contributed by atoms with Gasteiger partial charge in [-0.3, -0.25) is 14.4 Å². The molecule has 0 aromatic heterocycles. The number of nitrogens with one attached hydrogen (secondary N) is 3. The highest BCUT2D eigenvalue weighted by Gasteiger charge is 2.57. The number of hydrogen-bond donors (Lipinski definition) is 17. The molecule has 5 heterocycles. The van der Waals surface area contributed by atoms with E-state index >= 15 is 0 Å². The maximum Gasteiger partial charge on any atom is 0.217 e. The monoisotopic (exact) mass is 951 g/mol. The van der Waals surface area contributed by atoms with E-state index in [2.05, 4.69) is 16.0 Å². The van der Waals surface area contributed by atoms with Crippen LogP contribution in [0.15, 0.2) is 0 Å². The summed E-state index contributed by atoms with van der Waals surface area (Å²) in [6.45, 7) is -1.46. The van der Waals surface area contributed by atoms with E-state index in [4.69, 9.17) is 42.6 Å². The molecule has 0 bridgehead atoms. The van der Waals surface area contributed by atoms with Crippen LogP contribution in [-0.4, -0.2) is 276 Å². The average molecular weight is 952 g/mol. The summed E-state index contributed by atoms with van der Waals surface area (Å²) in [5.74, 6) is -2.31. The largest absolute Gasteiger partial charge is 0.394 e. The number of carbonyl (C=O) groups excluding carboxylic acids is 3. The molecule has 0 radical (unpaired) electrons. The molecule has 0 aromatic rings. The minimum absolute atomic E-state index is 0.708. The van der Waals surface area contributed by atoms with Gasteiger partial charge in [-0.1, -0.05) is 0 Å². The second kappa shape index (κ2) is 23.2. The third kappa shape index (κ3) is 11.9. The zero-order chi connectivity index (χ0) is 48.2. The van der Waals surface area contributed by atoms with Gasteiger partial charge >= 0.3 is 0 Å². The third-order valence-corrected chi connectivity index (χ3v) is 11.5. The summed E-state index contributed by atoms with van der Waals surface area (Å²) in [5, 5.41) is 156. The molecule has 5 aliphatic heterocycles. The lowest BCUT2D eigenvalue weighted by Gasteiger charge is -2.51. The summed E-state index contributed by atoms with van der Waals surface area (Å²) in [4.78, 5) is 37.0. The highest BCUT2D eigenvalue weighted by Crippen LogP contribution is 2.36. The molecule has 65 heavy (non-hydrogen) atoms. The van der Waals surface area contributed by atoms with Crippen LogP contribution in [0.4, 0.5) is 0 Å². The van der Waals surface area contributed by atoms with Crippen LogP contribution in [-0.2, 0) is 57.0 Å². The molecule has 0 spiro atoms. The van der Waals surface area contributed by atoms with E-state index in [0.717, 1.165) is 20.8 Å². The van der Waals surface area contributed by atoms with Crippen molar-refractivity contribution in [3.63, 3.8) is 0 Å². The van der Waals surface area contributed by atoms with Crippen molar-refractivity contribution in [2.45, 2.75) is 174 Å². The fraction of sp³-hybridized carbons (Fsp3) is 0.917. The summed E-state index contributed by atoms with van der Waals surface area (Å²) >= 11 is 0. The van der Waals surface area contributed by atoms with E-state index in [1.54, 1.807) is 0 Å². The summed E-state index contributed by atoms with van der Waals surface area (Å²) in [7, 11) is 0. The van der Waals surface area contributed by atoms with Crippen molar-refractivity contribution in [1.82, 2.24) is 16.0 Å². The van der Waals surface area contributed by atoms with Crippen LogP contribution in [0.1, 0.15) is 20.8 Å². The molecule has 29 nitrogen and oxygen atoms in total. The fourth-order valence-electron chi connectivity index (χ4n) is 8.25. The van der Waals surface area contributed by atoms with Crippen LogP contribution in [0, 0.1) is 0 Å². The van der Waals surface area contributed by atoms with Crippen LogP contribution in [0.3, 0.4) is 0 Å². The van der Waals surface area contributed by atoms with Crippen LogP contribution >= 0.6 is 0 Å². The minimum Gasteiger partial charge on any atom is -0.394 e. The van der Waals surface area contributed by atoms with Crippen LogP contribution in [0.25, 0.3) is 0 Å². The Labute approximate surface area is 369 Å². The van der Waals surface area contributed by atoms with Crippen molar-refractivity contribution in [2.24, 2.45) is 0 Å². The predicted octanol–water partition coefficient (Wildman–Crippen LogP) is -11.5. The van der Waals surface area contributed by atoms with Gasteiger partial charge in [0.05, 0.1) is 33.0 Å². The first-order valence-electron chi connectivity index (χ1n) is 20.6.